The Labute approximate surface area is 145 Å². The fourth-order valence-corrected chi connectivity index (χ4v) is 2.35. The molecule has 1 aliphatic rings. The van der Waals surface area contributed by atoms with Crippen LogP contribution in [0, 0.1) is 0 Å². The molecule has 0 atom stereocenters. The third-order valence-electron chi connectivity index (χ3n) is 3.69. The van der Waals surface area contributed by atoms with Crippen LogP contribution in [-0.4, -0.2) is 33.2 Å². The van der Waals surface area contributed by atoms with Gasteiger partial charge in [-0.1, -0.05) is 0 Å². The van der Waals surface area contributed by atoms with E-state index in [1.807, 2.05) is 0 Å². The van der Waals surface area contributed by atoms with Crippen LogP contribution in [0.25, 0.3) is 6.08 Å². The van der Waals surface area contributed by atoms with Crippen molar-refractivity contribution in [3.63, 3.8) is 0 Å². The molecular weight excluding hydrogens is 322 g/mol. The third kappa shape index (κ3) is 3.47. The molecule has 0 aliphatic carbocycles. The number of carbonyl (C=O) groups excluding carboxylic acids is 1. The van der Waals surface area contributed by atoms with E-state index in [0.717, 1.165) is 0 Å². The molecule has 0 aromatic heterocycles. The van der Waals surface area contributed by atoms with E-state index in [-0.39, 0.29) is 11.6 Å². The van der Waals surface area contributed by atoms with Gasteiger partial charge in [-0.15, -0.1) is 0 Å². The summed E-state index contributed by atoms with van der Waals surface area (Å²) in [5, 5.41) is 0. The summed E-state index contributed by atoms with van der Waals surface area (Å²) in [5.41, 5.74) is 1.60. The summed E-state index contributed by atoms with van der Waals surface area (Å²) < 4.78 is 20.9. The lowest BCUT2D eigenvalue weighted by atomic mass is 10.1. The van der Waals surface area contributed by atoms with Crippen LogP contribution in [0.4, 0.5) is 0 Å². The maximum atomic E-state index is 12.1. The number of carbonyl (C=O) groups is 1. The van der Waals surface area contributed by atoms with Gasteiger partial charge in [0.15, 0.2) is 5.70 Å². The summed E-state index contributed by atoms with van der Waals surface area (Å²) in [6.07, 6.45) is 1.62. The molecule has 0 radical (unpaired) electrons. The van der Waals surface area contributed by atoms with Gasteiger partial charge in [0.2, 0.25) is 5.90 Å². The Morgan fingerprint density at radius 3 is 2.24 bits per heavy atom. The molecule has 0 saturated heterocycles. The van der Waals surface area contributed by atoms with Crippen molar-refractivity contribution < 1.29 is 23.7 Å². The Bertz CT molecular complexity index is 853. The maximum absolute atomic E-state index is 12.1. The molecule has 0 amide bonds. The predicted octanol–water partition coefficient (Wildman–Crippen LogP) is 3.06. The molecule has 0 saturated carbocycles. The van der Waals surface area contributed by atoms with Crippen molar-refractivity contribution in [3.8, 4) is 17.2 Å². The van der Waals surface area contributed by atoms with Gasteiger partial charge in [-0.3, -0.25) is 0 Å². The van der Waals surface area contributed by atoms with Crippen LogP contribution >= 0.6 is 0 Å². The number of rotatable bonds is 5. The van der Waals surface area contributed by atoms with E-state index in [1.165, 1.54) is 0 Å². The molecular formula is C19H17NO5. The fraction of sp³-hybridized carbons (Fsp3) is 0.158. The minimum atomic E-state index is -0.510. The summed E-state index contributed by atoms with van der Waals surface area (Å²) in [4.78, 5) is 16.4. The summed E-state index contributed by atoms with van der Waals surface area (Å²) >= 11 is 0. The highest BCUT2D eigenvalue weighted by Crippen LogP contribution is 2.28. The van der Waals surface area contributed by atoms with Crippen LogP contribution in [0.3, 0.4) is 0 Å². The summed E-state index contributed by atoms with van der Waals surface area (Å²) in [7, 11) is 4.72. The van der Waals surface area contributed by atoms with Crippen molar-refractivity contribution in [1.29, 1.82) is 0 Å². The lowest BCUT2D eigenvalue weighted by Gasteiger charge is -2.07. The minimum Gasteiger partial charge on any atom is -0.497 e. The summed E-state index contributed by atoms with van der Waals surface area (Å²) in [6.45, 7) is 0. The van der Waals surface area contributed by atoms with Crippen molar-refractivity contribution in [1.82, 2.24) is 0 Å². The Kier molecular flexibility index (Phi) is 4.70. The Hall–Kier alpha value is -3.28. The molecule has 1 aliphatic heterocycles. The highest BCUT2D eigenvalue weighted by atomic mass is 16.6. The molecule has 2 aromatic carbocycles. The number of aliphatic imine (C=N–C) groups is 1. The second-order valence-corrected chi connectivity index (χ2v) is 5.17. The predicted molar refractivity (Wildman–Crippen MR) is 93.1 cm³/mol. The molecule has 0 spiro atoms. The zero-order valence-corrected chi connectivity index (χ0v) is 14.1. The van der Waals surface area contributed by atoms with Gasteiger partial charge >= 0.3 is 5.97 Å². The number of hydrogen-bond donors (Lipinski definition) is 0. The zero-order chi connectivity index (χ0) is 17.8. The van der Waals surface area contributed by atoms with Crippen LogP contribution in [-0.2, 0) is 9.53 Å². The van der Waals surface area contributed by atoms with Gasteiger partial charge in [-0.2, -0.15) is 0 Å². The zero-order valence-electron chi connectivity index (χ0n) is 14.1. The first kappa shape index (κ1) is 16.6. The monoisotopic (exact) mass is 339 g/mol. The smallest absolute Gasteiger partial charge is 0.363 e. The Morgan fingerprint density at radius 1 is 0.920 bits per heavy atom. The van der Waals surface area contributed by atoms with Crippen molar-refractivity contribution >= 4 is 17.9 Å². The number of benzene rings is 2. The van der Waals surface area contributed by atoms with Crippen LogP contribution in [0.1, 0.15) is 11.1 Å². The number of esters is 1. The molecule has 3 rings (SSSR count). The Balaban J connectivity index is 1.92. The van der Waals surface area contributed by atoms with Gasteiger partial charge in [0.1, 0.15) is 17.2 Å². The van der Waals surface area contributed by atoms with Gasteiger partial charge < -0.3 is 18.9 Å². The van der Waals surface area contributed by atoms with Crippen LogP contribution < -0.4 is 14.2 Å². The van der Waals surface area contributed by atoms with Gasteiger partial charge in [0.05, 0.1) is 21.3 Å². The molecule has 128 valence electrons. The SMILES string of the molecule is COc1ccc(C2=N/C(=C/c3ccc(OC)cc3OC)C(=O)O2)cc1. The number of methoxy groups -OCH3 is 3. The van der Waals surface area contributed by atoms with E-state index >= 15 is 0 Å². The molecule has 6 heteroatoms. The first-order chi connectivity index (χ1) is 12.1. The maximum Gasteiger partial charge on any atom is 0.363 e. The molecule has 25 heavy (non-hydrogen) atoms. The molecule has 1 heterocycles. The first-order valence-corrected chi connectivity index (χ1v) is 7.53. The average molecular weight is 339 g/mol. The lowest BCUT2D eigenvalue weighted by Crippen LogP contribution is -2.05. The van der Waals surface area contributed by atoms with E-state index in [0.29, 0.717) is 28.4 Å². The molecule has 0 unspecified atom stereocenters. The number of ether oxygens (including phenoxy) is 4. The van der Waals surface area contributed by atoms with Crippen LogP contribution in [0.2, 0.25) is 0 Å². The van der Waals surface area contributed by atoms with Crippen molar-refractivity contribution in [2.24, 2.45) is 4.99 Å². The number of hydrogen-bond acceptors (Lipinski definition) is 6. The van der Waals surface area contributed by atoms with E-state index in [4.69, 9.17) is 18.9 Å². The summed E-state index contributed by atoms with van der Waals surface area (Å²) in [6, 6.07) is 12.4. The average Bonchev–Trinajstić information content (AvgIpc) is 3.02. The molecule has 0 N–H and O–H groups in total. The first-order valence-electron chi connectivity index (χ1n) is 7.53. The topological polar surface area (TPSA) is 66.3 Å². The van der Waals surface area contributed by atoms with E-state index in [2.05, 4.69) is 4.99 Å². The van der Waals surface area contributed by atoms with Crippen molar-refractivity contribution in [2.45, 2.75) is 0 Å². The highest BCUT2D eigenvalue weighted by Gasteiger charge is 2.24. The van der Waals surface area contributed by atoms with Gasteiger partial charge in [-0.05, 0) is 42.5 Å². The lowest BCUT2D eigenvalue weighted by molar-refractivity contribution is -0.129. The van der Waals surface area contributed by atoms with Crippen molar-refractivity contribution in [3.05, 3.63) is 59.3 Å². The number of cyclic esters (lactones) is 1. The van der Waals surface area contributed by atoms with Crippen LogP contribution in [0.15, 0.2) is 53.2 Å². The van der Waals surface area contributed by atoms with Gasteiger partial charge in [0.25, 0.3) is 0 Å². The van der Waals surface area contributed by atoms with E-state index in [9.17, 15) is 4.79 Å². The third-order valence-corrected chi connectivity index (χ3v) is 3.69. The fourth-order valence-electron chi connectivity index (χ4n) is 2.35. The second-order valence-electron chi connectivity index (χ2n) is 5.17. The molecule has 6 nitrogen and oxygen atoms in total. The largest absolute Gasteiger partial charge is 0.497 e. The molecule has 2 aromatic rings. The molecule has 0 bridgehead atoms. The van der Waals surface area contributed by atoms with Crippen LogP contribution in [0.5, 0.6) is 17.2 Å². The standard InChI is InChI=1S/C19H17NO5/c1-22-14-7-4-12(5-8-14)18-20-16(19(21)25-18)10-13-6-9-15(23-2)11-17(13)24-3/h4-11H,1-3H3/b16-10+. The molecule has 0 fully saturated rings. The van der Waals surface area contributed by atoms with E-state index in [1.54, 1.807) is 69.9 Å². The number of nitrogens with zero attached hydrogens (tertiary/aromatic N) is 1. The second kappa shape index (κ2) is 7.09. The summed E-state index contributed by atoms with van der Waals surface area (Å²) in [5.74, 6) is 1.70. The Morgan fingerprint density at radius 2 is 1.60 bits per heavy atom. The minimum absolute atomic E-state index is 0.203. The van der Waals surface area contributed by atoms with Crippen molar-refractivity contribution in [2.75, 3.05) is 21.3 Å². The van der Waals surface area contributed by atoms with Gasteiger partial charge in [0, 0.05) is 17.2 Å². The van der Waals surface area contributed by atoms with E-state index < -0.39 is 5.97 Å². The quantitative estimate of drug-likeness (QED) is 0.619. The highest BCUT2D eigenvalue weighted by molar-refractivity contribution is 6.13. The normalized spacial score (nSPS) is 14.9. The van der Waals surface area contributed by atoms with Gasteiger partial charge in [-0.25, -0.2) is 9.79 Å².